The van der Waals surface area contributed by atoms with Gasteiger partial charge in [-0.25, -0.2) is 18.6 Å². The lowest BCUT2D eigenvalue weighted by Crippen LogP contribution is -2.03. The molecule has 2 aromatic heterocycles. The summed E-state index contributed by atoms with van der Waals surface area (Å²) in [6.07, 6.45) is 1.57. The van der Waals surface area contributed by atoms with E-state index in [2.05, 4.69) is 25.6 Å². The van der Waals surface area contributed by atoms with Crippen LogP contribution in [0.1, 0.15) is 5.56 Å². The highest BCUT2D eigenvalue weighted by Gasteiger charge is 2.08. The van der Waals surface area contributed by atoms with Crippen LogP contribution in [-0.2, 0) is 0 Å². The van der Waals surface area contributed by atoms with Crippen molar-refractivity contribution >= 4 is 34.2 Å². The Morgan fingerprint density at radius 1 is 1.04 bits per heavy atom. The van der Waals surface area contributed by atoms with Crippen LogP contribution in [0.4, 0.5) is 31.9 Å². The first-order valence-electron chi connectivity index (χ1n) is 7.93. The smallest absolute Gasteiger partial charge is 0.408 e. The molecule has 0 fully saturated rings. The lowest BCUT2D eigenvalue weighted by Gasteiger charge is -2.11. The molecule has 0 bridgehead atoms. The van der Waals surface area contributed by atoms with Crippen molar-refractivity contribution in [3.05, 3.63) is 70.3 Å². The van der Waals surface area contributed by atoms with Crippen LogP contribution in [0.15, 0.2) is 51.8 Å². The Kier molecular flexibility index (Phi) is 4.03. The number of rotatable bonds is 4. The van der Waals surface area contributed by atoms with Crippen molar-refractivity contribution in [3.63, 3.8) is 0 Å². The fraction of sp³-hybridized carbons (Fsp3) is 0.0556. The molecule has 0 unspecified atom stereocenters. The average molecular weight is 369 g/mol. The van der Waals surface area contributed by atoms with E-state index in [-0.39, 0.29) is 11.6 Å². The van der Waals surface area contributed by atoms with Crippen molar-refractivity contribution in [1.82, 2.24) is 15.0 Å². The number of hydrogen-bond donors (Lipinski definition) is 3. The first kappa shape index (κ1) is 16.7. The van der Waals surface area contributed by atoms with Crippen molar-refractivity contribution in [3.8, 4) is 0 Å². The van der Waals surface area contributed by atoms with Crippen LogP contribution in [-0.4, -0.2) is 15.0 Å². The monoisotopic (exact) mass is 369 g/mol. The maximum Gasteiger partial charge on any atom is 0.417 e. The highest BCUT2D eigenvalue weighted by molar-refractivity contribution is 5.78. The number of benzene rings is 2. The predicted octanol–water partition coefficient (Wildman–Crippen LogP) is 3.98. The summed E-state index contributed by atoms with van der Waals surface area (Å²) in [5.41, 5.74) is 2.61. The number of aryl methyl sites for hydroxylation is 1. The predicted molar refractivity (Wildman–Crippen MR) is 96.5 cm³/mol. The molecule has 0 aliphatic heterocycles. The van der Waals surface area contributed by atoms with Gasteiger partial charge in [0.2, 0.25) is 5.95 Å². The lowest BCUT2D eigenvalue weighted by molar-refractivity contribution is 0.555. The number of anilines is 4. The number of aromatic nitrogens is 3. The third-order valence-electron chi connectivity index (χ3n) is 3.77. The second kappa shape index (κ2) is 6.52. The standard InChI is InChI=1S/C18H13F2N5O2/c1-9-8-21-17(23-13-5-10(19)4-11(20)6-13)25-16(9)22-12-2-3-15-14(7-12)24-18(26)27-15/h2-8H,1H3,(H,24,26)(H2,21,22,23,25). The second-order valence-corrected chi connectivity index (χ2v) is 5.86. The van der Waals surface area contributed by atoms with Crippen molar-refractivity contribution in [2.75, 3.05) is 10.6 Å². The molecule has 2 aromatic carbocycles. The summed E-state index contributed by atoms with van der Waals surface area (Å²) >= 11 is 0. The molecule has 0 aliphatic rings. The van der Waals surface area contributed by atoms with Crippen LogP contribution in [0.5, 0.6) is 0 Å². The SMILES string of the molecule is Cc1cnc(Nc2cc(F)cc(F)c2)nc1Nc1ccc2oc(=O)[nH]c2c1. The van der Waals surface area contributed by atoms with Crippen molar-refractivity contribution in [2.24, 2.45) is 0 Å². The molecule has 0 atom stereocenters. The van der Waals surface area contributed by atoms with E-state index in [4.69, 9.17) is 4.42 Å². The number of nitrogens with zero attached hydrogens (tertiary/aromatic N) is 2. The van der Waals surface area contributed by atoms with E-state index in [0.29, 0.717) is 22.6 Å². The summed E-state index contributed by atoms with van der Waals surface area (Å²) in [6, 6.07) is 8.16. The Morgan fingerprint density at radius 3 is 2.59 bits per heavy atom. The number of fused-ring (bicyclic) bond motifs is 1. The Balaban J connectivity index is 1.62. The zero-order chi connectivity index (χ0) is 19.0. The van der Waals surface area contributed by atoms with Crippen LogP contribution in [0.3, 0.4) is 0 Å². The van der Waals surface area contributed by atoms with Gasteiger partial charge in [0.1, 0.15) is 17.5 Å². The maximum absolute atomic E-state index is 13.3. The second-order valence-electron chi connectivity index (χ2n) is 5.86. The summed E-state index contributed by atoms with van der Waals surface area (Å²) < 4.78 is 31.6. The fourth-order valence-corrected chi connectivity index (χ4v) is 2.55. The van der Waals surface area contributed by atoms with E-state index >= 15 is 0 Å². The van der Waals surface area contributed by atoms with Gasteiger partial charge in [0.15, 0.2) is 5.58 Å². The molecule has 0 amide bonds. The Bertz CT molecular complexity index is 1180. The number of halogens is 2. The average Bonchev–Trinajstić information content (AvgIpc) is 2.96. The number of aromatic amines is 1. The minimum atomic E-state index is -0.703. The Morgan fingerprint density at radius 2 is 1.81 bits per heavy atom. The minimum Gasteiger partial charge on any atom is -0.408 e. The van der Waals surface area contributed by atoms with E-state index in [9.17, 15) is 13.6 Å². The molecule has 4 rings (SSSR count). The molecular formula is C18H13F2N5O2. The molecule has 136 valence electrons. The highest BCUT2D eigenvalue weighted by atomic mass is 19.1. The van der Waals surface area contributed by atoms with Gasteiger partial charge in [-0.15, -0.1) is 0 Å². The van der Waals surface area contributed by atoms with Crippen molar-refractivity contribution < 1.29 is 13.2 Å². The van der Waals surface area contributed by atoms with Crippen LogP contribution in [0.2, 0.25) is 0 Å². The number of oxazole rings is 1. The largest absolute Gasteiger partial charge is 0.417 e. The van der Waals surface area contributed by atoms with Crippen molar-refractivity contribution in [2.45, 2.75) is 6.92 Å². The van der Waals surface area contributed by atoms with Crippen molar-refractivity contribution in [1.29, 1.82) is 0 Å². The Hall–Kier alpha value is -3.75. The van der Waals surface area contributed by atoms with Crippen LogP contribution >= 0.6 is 0 Å². The van der Waals surface area contributed by atoms with Crippen LogP contribution < -0.4 is 16.4 Å². The summed E-state index contributed by atoms with van der Waals surface area (Å²) in [7, 11) is 0. The highest BCUT2D eigenvalue weighted by Crippen LogP contribution is 2.23. The maximum atomic E-state index is 13.3. The van der Waals surface area contributed by atoms with E-state index in [1.54, 1.807) is 24.4 Å². The van der Waals surface area contributed by atoms with E-state index in [1.165, 1.54) is 0 Å². The summed E-state index contributed by atoms with van der Waals surface area (Å²) in [6.45, 7) is 1.81. The summed E-state index contributed by atoms with van der Waals surface area (Å²) in [4.78, 5) is 22.3. The van der Waals surface area contributed by atoms with Crippen LogP contribution in [0, 0.1) is 18.6 Å². The van der Waals surface area contributed by atoms with Gasteiger partial charge < -0.3 is 15.1 Å². The Labute approximate surface area is 151 Å². The normalized spacial score (nSPS) is 10.9. The molecule has 0 aliphatic carbocycles. The molecule has 0 saturated heterocycles. The first-order valence-corrected chi connectivity index (χ1v) is 7.93. The molecule has 27 heavy (non-hydrogen) atoms. The van der Waals surface area contributed by atoms with Gasteiger partial charge in [-0.1, -0.05) is 0 Å². The van der Waals surface area contributed by atoms with Gasteiger partial charge in [0, 0.05) is 29.2 Å². The van der Waals surface area contributed by atoms with E-state index in [1.807, 2.05) is 6.92 Å². The quantitative estimate of drug-likeness (QED) is 0.503. The summed E-state index contributed by atoms with van der Waals surface area (Å²) in [5.74, 6) is -1.27. The molecule has 2 heterocycles. The number of H-pyrrole nitrogens is 1. The number of hydrogen-bond acceptors (Lipinski definition) is 6. The van der Waals surface area contributed by atoms with E-state index < -0.39 is 17.4 Å². The van der Waals surface area contributed by atoms with Gasteiger partial charge >= 0.3 is 5.76 Å². The molecule has 3 N–H and O–H groups in total. The van der Waals surface area contributed by atoms with Gasteiger partial charge in [-0.3, -0.25) is 4.98 Å². The fourth-order valence-electron chi connectivity index (χ4n) is 2.55. The molecule has 7 nitrogen and oxygen atoms in total. The minimum absolute atomic E-state index is 0.172. The zero-order valence-corrected chi connectivity index (χ0v) is 14.0. The van der Waals surface area contributed by atoms with Crippen LogP contribution in [0.25, 0.3) is 11.1 Å². The third-order valence-corrected chi connectivity index (χ3v) is 3.77. The zero-order valence-electron chi connectivity index (χ0n) is 14.0. The first-order chi connectivity index (χ1) is 13.0. The topological polar surface area (TPSA) is 95.8 Å². The molecule has 0 spiro atoms. The third kappa shape index (κ3) is 3.61. The van der Waals surface area contributed by atoms with Gasteiger partial charge in [0.25, 0.3) is 0 Å². The van der Waals surface area contributed by atoms with E-state index in [0.717, 1.165) is 23.8 Å². The van der Waals surface area contributed by atoms with Gasteiger partial charge in [-0.2, -0.15) is 4.98 Å². The summed E-state index contributed by atoms with van der Waals surface area (Å²) in [5, 5.41) is 5.89. The molecule has 9 heteroatoms. The molecule has 0 saturated carbocycles. The lowest BCUT2D eigenvalue weighted by atomic mass is 10.2. The molecule has 0 radical (unpaired) electrons. The molecule has 4 aromatic rings. The number of nitrogens with one attached hydrogen (secondary N) is 3. The van der Waals surface area contributed by atoms with Gasteiger partial charge in [-0.05, 0) is 37.3 Å². The van der Waals surface area contributed by atoms with Gasteiger partial charge in [0.05, 0.1) is 5.52 Å². The molecular weight excluding hydrogens is 356 g/mol.